The van der Waals surface area contributed by atoms with Crippen molar-refractivity contribution in [1.29, 1.82) is 0 Å². The molecule has 0 saturated heterocycles. The van der Waals surface area contributed by atoms with E-state index in [0.29, 0.717) is 41.7 Å². The number of nitro groups is 1. The van der Waals surface area contributed by atoms with E-state index in [1.54, 1.807) is 12.1 Å². The van der Waals surface area contributed by atoms with Crippen molar-refractivity contribution >= 4 is 5.82 Å². The van der Waals surface area contributed by atoms with Crippen molar-refractivity contribution in [3.8, 4) is 17.2 Å². The van der Waals surface area contributed by atoms with Crippen molar-refractivity contribution in [2.24, 2.45) is 4.99 Å². The summed E-state index contributed by atoms with van der Waals surface area (Å²) in [6.45, 7) is 6.85. The molecule has 3 aromatic rings. The fourth-order valence-electron chi connectivity index (χ4n) is 3.09. The highest BCUT2D eigenvalue weighted by atomic mass is 16.6. The second kappa shape index (κ2) is 9.79. The molecule has 0 atom stereocenters. The lowest BCUT2D eigenvalue weighted by Gasteiger charge is -2.12. The van der Waals surface area contributed by atoms with Crippen LogP contribution in [0.4, 0.5) is 5.82 Å². The monoisotopic (exact) mass is 427 g/mol. The van der Waals surface area contributed by atoms with Gasteiger partial charge in [-0.25, -0.2) is 0 Å². The minimum Gasteiger partial charge on any atom is -0.490 e. The Hall–Kier alpha value is -3.82. The summed E-state index contributed by atoms with van der Waals surface area (Å²) in [5.74, 6) is 0.776. The summed E-state index contributed by atoms with van der Waals surface area (Å²) in [5, 5.41) is 25.9. The fourth-order valence-corrected chi connectivity index (χ4v) is 3.09. The van der Waals surface area contributed by atoms with Crippen molar-refractivity contribution in [1.82, 2.24) is 14.7 Å². The summed E-state index contributed by atoms with van der Waals surface area (Å²) in [7, 11) is 0. The van der Waals surface area contributed by atoms with E-state index in [4.69, 9.17) is 9.47 Å². The van der Waals surface area contributed by atoms with E-state index < -0.39 is 10.7 Å². The van der Waals surface area contributed by atoms with E-state index in [1.165, 1.54) is 0 Å². The Morgan fingerprint density at radius 3 is 2.52 bits per heavy atom. The molecule has 164 valence electrons. The van der Waals surface area contributed by atoms with Gasteiger partial charge in [0.25, 0.3) is 5.49 Å². The standard InChI is InChI=1S/C21H25N5O5/c1-4-30-18-11-10-16(14-19(18)31-5-2)12-13-22-20-21(26(28)29)23-24(25(20)27)17-9-7-6-8-15(17)3/h6-11,14,27H,4-5,12-13H2,1-3H3. The first kappa shape index (κ1) is 21.9. The van der Waals surface area contributed by atoms with Gasteiger partial charge in [0, 0.05) is 6.54 Å². The van der Waals surface area contributed by atoms with Crippen molar-refractivity contribution < 1.29 is 19.6 Å². The zero-order valence-electron chi connectivity index (χ0n) is 17.7. The average molecular weight is 427 g/mol. The Kier molecular flexibility index (Phi) is 6.91. The molecule has 1 N–H and O–H groups in total. The lowest BCUT2D eigenvalue weighted by atomic mass is 10.1. The van der Waals surface area contributed by atoms with Crippen LogP contribution >= 0.6 is 0 Å². The van der Waals surface area contributed by atoms with Gasteiger partial charge in [0.2, 0.25) is 0 Å². The van der Waals surface area contributed by atoms with E-state index in [9.17, 15) is 15.3 Å². The summed E-state index contributed by atoms with van der Waals surface area (Å²) in [4.78, 5) is 16.7. The Morgan fingerprint density at radius 2 is 1.84 bits per heavy atom. The maximum absolute atomic E-state index is 11.5. The topological polar surface area (TPSA) is 117 Å². The Labute approximate surface area is 179 Å². The van der Waals surface area contributed by atoms with E-state index in [1.807, 2.05) is 51.1 Å². The molecule has 2 aromatic carbocycles. The molecule has 10 heteroatoms. The van der Waals surface area contributed by atoms with Gasteiger partial charge in [0.15, 0.2) is 11.5 Å². The minimum atomic E-state index is -0.662. The summed E-state index contributed by atoms with van der Waals surface area (Å²) >= 11 is 0. The Bertz CT molecular complexity index is 1140. The first-order valence-corrected chi connectivity index (χ1v) is 9.97. The quantitative estimate of drug-likeness (QED) is 0.319. The molecule has 0 aliphatic carbocycles. The van der Waals surface area contributed by atoms with E-state index in [2.05, 4.69) is 10.1 Å². The molecule has 0 bridgehead atoms. The van der Waals surface area contributed by atoms with Gasteiger partial charge >= 0.3 is 5.82 Å². The van der Waals surface area contributed by atoms with Crippen LogP contribution in [0.5, 0.6) is 11.5 Å². The van der Waals surface area contributed by atoms with E-state index in [-0.39, 0.29) is 12.0 Å². The summed E-state index contributed by atoms with van der Waals surface area (Å²) in [6.07, 6.45) is 0.485. The number of benzene rings is 2. The van der Waals surface area contributed by atoms with Gasteiger partial charge < -0.3 is 24.8 Å². The SMILES string of the molecule is CCOc1ccc(CCN=c2c([N+](=O)[O-])nn(-c3ccccc3C)n2O)cc1OCC. The highest BCUT2D eigenvalue weighted by Crippen LogP contribution is 2.28. The third-order valence-corrected chi connectivity index (χ3v) is 4.53. The zero-order valence-corrected chi connectivity index (χ0v) is 17.7. The molecule has 0 spiro atoms. The third kappa shape index (κ3) is 4.85. The van der Waals surface area contributed by atoms with Crippen LogP contribution in [0.1, 0.15) is 25.0 Å². The molecular formula is C21H25N5O5. The zero-order chi connectivity index (χ0) is 22.4. The Morgan fingerprint density at radius 1 is 1.13 bits per heavy atom. The van der Waals surface area contributed by atoms with Crippen LogP contribution in [0.3, 0.4) is 0 Å². The van der Waals surface area contributed by atoms with Crippen LogP contribution in [0.2, 0.25) is 0 Å². The number of hydrogen-bond acceptors (Lipinski definition) is 7. The highest BCUT2D eigenvalue weighted by Gasteiger charge is 2.24. The molecule has 0 aliphatic heterocycles. The Balaban J connectivity index is 1.90. The fraction of sp³-hybridized carbons (Fsp3) is 0.333. The van der Waals surface area contributed by atoms with Gasteiger partial charge in [-0.1, -0.05) is 29.1 Å². The predicted molar refractivity (Wildman–Crippen MR) is 113 cm³/mol. The normalized spacial score (nSPS) is 11.5. The maximum atomic E-state index is 11.5. The number of ether oxygens (including phenoxy) is 2. The predicted octanol–water partition coefficient (Wildman–Crippen LogP) is 3.07. The van der Waals surface area contributed by atoms with Crippen LogP contribution in [0, 0.1) is 17.0 Å². The van der Waals surface area contributed by atoms with Crippen molar-refractivity contribution in [2.75, 3.05) is 19.8 Å². The smallest absolute Gasteiger partial charge is 0.438 e. The number of para-hydroxylation sites is 1. The van der Waals surface area contributed by atoms with Gasteiger partial charge in [0.05, 0.1) is 18.3 Å². The molecule has 1 aromatic heterocycles. The van der Waals surface area contributed by atoms with Crippen LogP contribution in [0.15, 0.2) is 47.5 Å². The summed E-state index contributed by atoms with van der Waals surface area (Å²) in [6, 6.07) is 12.7. The minimum absolute atomic E-state index is 0.209. The van der Waals surface area contributed by atoms with Crippen LogP contribution in [0.25, 0.3) is 5.69 Å². The van der Waals surface area contributed by atoms with Crippen molar-refractivity contribution in [3.63, 3.8) is 0 Å². The van der Waals surface area contributed by atoms with Crippen LogP contribution in [-0.4, -0.2) is 44.6 Å². The third-order valence-electron chi connectivity index (χ3n) is 4.53. The lowest BCUT2D eigenvalue weighted by Crippen LogP contribution is -2.23. The molecule has 10 nitrogen and oxygen atoms in total. The largest absolute Gasteiger partial charge is 0.490 e. The first-order valence-electron chi connectivity index (χ1n) is 9.97. The number of rotatable bonds is 9. The lowest BCUT2D eigenvalue weighted by molar-refractivity contribution is -0.391. The number of aromatic nitrogens is 3. The van der Waals surface area contributed by atoms with Gasteiger partial charge in [-0.15, -0.1) is 0 Å². The van der Waals surface area contributed by atoms with Gasteiger partial charge in [0.1, 0.15) is 5.69 Å². The van der Waals surface area contributed by atoms with Crippen LogP contribution < -0.4 is 15.0 Å². The van der Waals surface area contributed by atoms with Crippen molar-refractivity contribution in [2.45, 2.75) is 27.2 Å². The summed E-state index contributed by atoms with van der Waals surface area (Å²) < 4.78 is 11.2. The molecular weight excluding hydrogens is 402 g/mol. The molecule has 0 radical (unpaired) electrons. The van der Waals surface area contributed by atoms with Gasteiger partial charge in [-0.2, -0.15) is 0 Å². The molecule has 0 aliphatic rings. The summed E-state index contributed by atoms with van der Waals surface area (Å²) in [5.41, 5.74) is 2.02. The average Bonchev–Trinajstić information content (AvgIpc) is 3.07. The van der Waals surface area contributed by atoms with Gasteiger partial charge in [-0.05, 0) is 66.2 Å². The van der Waals surface area contributed by atoms with Crippen molar-refractivity contribution in [3.05, 3.63) is 69.2 Å². The first-order chi connectivity index (χ1) is 15.0. The number of hydrogen-bond donors (Lipinski definition) is 1. The second-order valence-electron chi connectivity index (χ2n) is 6.65. The number of aryl methyl sites for hydroxylation is 1. The molecule has 0 unspecified atom stereocenters. The molecule has 0 fully saturated rings. The molecule has 0 amide bonds. The maximum Gasteiger partial charge on any atom is 0.438 e. The van der Waals surface area contributed by atoms with Gasteiger partial charge in [-0.3, -0.25) is 4.99 Å². The molecule has 0 saturated carbocycles. The van der Waals surface area contributed by atoms with E-state index >= 15 is 0 Å². The van der Waals surface area contributed by atoms with Crippen LogP contribution in [-0.2, 0) is 6.42 Å². The highest BCUT2D eigenvalue weighted by molar-refractivity contribution is 5.43. The molecule has 31 heavy (non-hydrogen) atoms. The molecule has 1 heterocycles. The number of nitrogens with zero attached hydrogens (tertiary/aromatic N) is 5. The molecule has 3 rings (SSSR count). The van der Waals surface area contributed by atoms with E-state index in [0.717, 1.165) is 15.9 Å². The second-order valence-corrected chi connectivity index (χ2v) is 6.65.